The van der Waals surface area contributed by atoms with Gasteiger partial charge in [0.25, 0.3) is 0 Å². The second kappa shape index (κ2) is 4.00. The van der Waals surface area contributed by atoms with E-state index in [0.29, 0.717) is 0 Å². The lowest BCUT2D eigenvalue weighted by Gasteiger charge is -2.29. The van der Waals surface area contributed by atoms with Crippen LogP contribution in [0.4, 0.5) is 0 Å². The largest absolute Gasteiger partial charge is 0.371 e. The Morgan fingerprint density at radius 3 is 3.00 bits per heavy atom. The Morgan fingerprint density at radius 1 is 1.44 bits per heavy atom. The molecule has 2 aliphatic heterocycles. The van der Waals surface area contributed by atoms with E-state index in [1.165, 1.54) is 12.8 Å². The van der Waals surface area contributed by atoms with Gasteiger partial charge in [0.2, 0.25) is 5.91 Å². The summed E-state index contributed by atoms with van der Waals surface area (Å²) in [5.41, 5.74) is 0. The molecule has 2 heterocycles. The van der Waals surface area contributed by atoms with Crippen molar-refractivity contribution in [2.75, 3.05) is 26.7 Å². The average molecular weight is 224 g/mol. The van der Waals surface area contributed by atoms with Gasteiger partial charge in [0.05, 0.1) is 18.1 Å². The number of carbonyl (C=O) groups is 1. The predicted molar refractivity (Wildman–Crippen MR) is 60.0 cm³/mol. The number of morpholine rings is 1. The number of ether oxygens (including phenoxy) is 1. The van der Waals surface area contributed by atoms with Crippen LogP contribution in [0.1, 0.15) is 19.3 Å². The van der Waals surface area contributed by atoms with Crippen molar-refractivity contribution in [3.8, 4) is 0 Å². The molecule has 3 rings (SSSR count). The van der Waals surface area contributed by atoms with E-state index in [2.05, 4.69) is 17.3 Å². The molecular weight excluding hydrogens is 204 g/mol. The van der Waals surface area contributed by atoms with E-state index >= 15 is 0 Å². The van der Waals surface area contributed by atoms with Gasteiger partial charge < -0.3 is 15.0 Å². The molecule has 16 heavy (non-hydrogen) atoms. The number of hydrogen-bond acceptors (Lipinski definition) is 3. The zero-order chi connectivity index (χ0) is 11.1. The topological polar surface area (TPSA) is 41.6 Å². The number of fused-ring (bicyclic) bond motifs is 2. The van der Waals surface area contributed by atoms with Crippen LogP contribution >= 0.6 is 0 Å². The fourth-order valence-corrected chi connectivity index (χ4v) is 2.82. The van der Waals surface area contributed by atoms with Crippen LogP contribution in [-0.2, 0) is 9.53 Å². The summed E-state index contributed by atoms with van der Waals surface area (Å²) in [6.45, 7) is 2.75. The van der Waals surface area contributed by atoms with Crippen LogP contribution in [0.2, 0.25) is 0 Å². The molecule has 0 aromatic heterocycles. The molecule has 4 heteroatoms. The van der Waals surface area contributed by atoms with Gasteiger partial charge in [0, 0.05) is 19.6 Å². The Labute approximate surface area is 96.3 Å². The third-order valence-corrected chi connectivity index (χ3v) is 3.94. The zero-order valence-corrected chi connectivity index (χ0v) is 9.82. The number of nitrogens with zero attached hydrogens (tertiary/aromatic N) is 1. The van der Waals surface area contributed by atoms with Crippen LogP contribution in [0, 0.1) is 11.8 Å². The van der Waals surface area contributed by atoms with E-state index in [9.17, 15) is 4.79 Å². The van der Waals surface area contributed by atoms with Crippen molar-refractivity contribution in [3.05, 3.63) is 0 Å². The summed E-state index contributed by atoms with van der Waals surface area (Å²) in [6.07, 6.45) is 3.89. The zero-order valence-electron chi connectivity index (χ0n) is 9.82. The van der Waals surface area contributed by atoms with Gasteiger partial charge in [-0.2, -0.15) is 0 Å². The Morgan fingerprint density at radius 2 is 2.25 bits per heavy atom. The van der Waals surface area contributed by atoms with Crippen molar-refractivity contribution in [1.82, 2.24) is 10.2 Å². The monoisotopic (exact) mass is 224 g/mol. The highest BCUT2D eigenvalue weighted by Gasteiger charge is 2.43. The molecule has 0 spiro atoms. The molecule has 4 nitrogen and oxygen atoms in total. The first-order chi connectivity index (χ1) is 7.72. The fraction of sp³-hybridized carbons (Fsp3) is 0.917. The maximum Gasteiger partial charge on any atom is 0.225 e. The van der Waals surface area contributed by atoms with Gasteiger partial charge in [-0.05, 0) is 32.2 Å². The molecule has 0 unspecified atom stereocenters. The van der Waals surface area contributed by atoms with Gasteiger partial charge in [0.1, 0.15) is 0 Å². The minimum absolute atomic E-state index is 0.0914. The van der Waals surface area contributed by atoms with Gasteiger partial charge in [-0.3, -0.25) is 4.79 Å². The second-order valence-electron chi connectivity index (χ2n) is 5.55. The Bertz CT molecular complexity index is 291. The Balaban J connectivity index is 1.55. The van der Waals surface area contributed by atoms with Crippen molar-refractivity contribution in [2.24, 2.45) is 11.8 Å². The minimum Gasteiger partial charge on any atom is -0.371 e. The molecule has 3 fully saturated rings. The lowest BCUT2D eigenvalue weighted by atomic mass is 9.99. The van der Waals surface area contributed by atoms with Gasteiger partial charge in [-0.1, -0.05) is 0 Å². The van der Waals surface area contributed by atoms with E-state index < -0.39 is 0 Å². The first-order valence-corrected chi connectivity index (χ1v) is 6.34. The van der Waals surface area contributed by atoms with E-state index in [-0.39, 0.29) is 24.0 Å². The molecule has 1 aliphatic carbocycles. The molecule has 1 amide bonds. The van der Waals surface area contributed by atoms with Crippen LogP contribution in [-0.4, -0.2) is 49.7 Å². The smallest absolute Gasteiger partial charge is 0.225 e. The predicted octanol–water partition coefficient (Wildman–Crippen LogP) is 0.232. The summed E-state index contributed by atoms with van der Waals surface area (Å²) >= 11 is 0. The van der Waals surface area contributed by atoms with E-state index in [1.54, 1.807) is 0 Å². The van der Waals surface area contributed by atoms with Crippen LogP contribution in [0.5, 0.6) is 0 Å². The maximum atomic E-state index is 12.0. The van der Waals surface area contributed by atoms with Crippen molar-refractivity contribution in [3.63, 3.8) is 0 Å². The molecule has 3 atom stereocenters. The highest BCUT2D eigenvalue weighted by atomic mass is 16.5. The lowest BCUT2D eigenvalue weighted by molar-refractivity contribution is -0.127. The van der Waals surface area contributed by atoms with Crippen LogP contribution in [0.3, 0.4) is 0 Å². The molecule has 0 aromatic carbocycles. The van der Waals surface area contributed by atoms with Gasteiger partial charge in [0.15, 0.2) is 0 Å². The maximum absolute atomic E-state index is 12.0. The van der Waals surface area contributed by atoms with Gasteiger partial charge >= 0.3 is 0 Å². The molecular formula is C12H20N2O2. The SMILES string of the molecule is CN1C[C@@H]2C[C@@H](C(=O)NCC3CC3)[C@H](C1)O2. The number of carbonyl (C=O) groups excluding carboxylic acids is 1. The summed E-state index contributed by atoms with van der Waals surface area (Å²) in [6, 6.07) is 0. The quantitative estimate of drug-likeness (QED) is 0.746. The third kappa shape index (κ3) is 2.09. The van der Waals surface area contributed by atoms with Crippen LogP contribution in [0.25, 0.3) is 0 Å². The van der Waals surface area contributed by atoms with Crippen molar-refractivity contribution >= 4 is 5.91 Å². The van der Waals surface area contributed by atoms with E-state index in [0.717, 1.165) is 32.0 Å². The molecule has 2 saturated heterocycles. The normalized spacial score (nSPS) is 38.7. The van der Waals surface area contributed by atoms with Crippen LogP contribution < -0.4 is 5.32 Å². The van der Waals surface area contributed by atoms with Crippen molar-refractivity contribution in [2.45, 2.75) is 31.5 Å². The molecule has 2 bridgehead atoms. The molecule has 3 aliphatic rings. The summed E-state index contributed by atoms with van der Waals surface area (Å²) < 4.78 is 5.82. The third-order valence-electron chi connectivity index (χ3n) is 3.94. The lowest BCUT2D eigenvalue weighted by Crippen LogP contribution is -2.43. The molecule has 0 aromatic rings. The van der Waals surface area contributed by atoms with Gasteiger partial charge in [-0.25, -0.2) is 0 Å². The number of rotatable bonds is 3. The fourth-order valence-electron chi connectivity index (χ4n) is 2.82. The summed E-state index contributed by atoms with van der Waals surface area (Å²) in [5.74, 6) is 1.07. The summed E-state index contributed by atoms with van der Waals surface area (Å²) in [7, 11) is 2.10. The molecule has 90 valence electrons. The average Bonchev–Trinajstić information content (AvgIpc) is 3.01. The standard InChI is InChI=1S/C12H20N2O2/c1-14-6-9-4-10(11(7-14)16-9)12(15)13-5-8-2-3-8/h8-11H,2-7H2,1H3,(H,13,15)/t9-,10+,11-/m0/s1. The van der Waals surface area contributed by atoms with Gasteiger partial charge in [-0.15, -0.1) is 0 Å². The van der Waals surface area contributed by atoms with Crippen molar-refractivity contribution in [1.29, 1.82) is 0 Å². The number of amides is 1. The Kier molecular flexibility index (Phi) is 2.64. The molecule has 1 saturated carbocycles. The first-order valence-electron chi connectivity index (χ1n) is 6.34. The number of nitrogens with one attached hydrogen (secondary N) is 1. The van der Waals surface area contributed by atoms with Crippen LogP contribution in [0.15, 0.2) is 0 Å². The molecule has 1 N–H and O–H groups in total. The minimum atomic E-state index is 0.0914. The molecule has 0 radical (unpaired) electrons. The highest BCUT2D eigenvalue weighted by molar-refractivity contribution is 5.79. The summed E-state index contributed by atoms with van der Waals surface area (Å²) in [4.78, 5) is 14.3. The number of likely N-dealkylation sites (tertiary alicyclic amines) is 1. The Hall–Kier alpha value is -0.610. The summed E-state index contributed by atoms with van der Waals surface area (Å²) in [5, 5.41) is 3.08. The highest BCUT2D eigenvalue weighted by Crippen LogP contribution is 2.32. The second-order valence-corrected chi connectivity index (χ2v) is 5.55. The van der Waals surface area contributed by atoms with E-state index in [1.807, 2.05) is 0 Å². The number of hydrogen-bond donors (Lipinski definition) is 1. The van der Waals surface area contributed by atoms with Crippen molar-refractivity contribution < 1.29 is 9.53 Å². The number of likely N-dealkylation sites (N-methyl/N-ethyl adjacent to an activating group) is 1. The first kappa shape index (κ1) is 10.5. The van der Waals surface area contributed by atoms with E-state index in [4.69, 9.17) is 4.74 Å².